The van der Waals surface area contributed by atoms with Crippen molar-refractivity contribution >= 4 is 23.5 Å². The van der Waals surface area contributed by atoms with E-state index in [2.05, 4.69) is 9.97 Å². The second-order valence-corrected chi connectivity index (χ2v) is 6.67. The van der Waals surface area contributed by atoms with Crippen LogP contribution in [0.2, 0.25) is 0 Å². The maximum absolute atomic E-state index is 12.8. The van der Waals surface area contributed by atoms with Gasteiger partial charge in [0, 0.05) is 44.6 Å². The largest absolute Gasteiger partial charge is 0.338 e. The van der Waals surface area contributed by atoms with Crippen molar-refractivity contribution in [2.75, 3.05) is 19.3 Å². The van der Waals surface area contributed by atoms with Gasteiger partial charge in [-0.3, -0.25) is 9.59 Å². The Morgan fingerprint density at radius 1 is 1.29 bits per heavy atom. The zero-order chi connectivity index (χ0) is 17.1. The molecule has 24 heavy (non-hydrogen) atoms. The van der Waals surface area contributed by atoms with E-state index < -0.39 is 0 Å². The number of piperidine rings is 1. The number of hydrogen-bond acceptors (Lipinski definition) is 5. The van der Waals surface area contributed by atoms with E-state index in [4.69, 9.17) is 0 Å². The highest BCUT2D eigenvalue weighted by Crippen LogP contribution is 2.24. The Bertz CT molecular complexity index is 759. The molecule has 1 aliphatic heterocycles. The van der Waals surface area contributed by atoms with E-state index in [1.54, 1.807) is 40.2 Å². The lowest BCUT2D eigenvalue weighted by atomic mass is 9.93. The molecule has 3 rings (SSSR count). The number of imidazole rings is 1. The quantitative estimate of drug-likeness (QED) is 0.629. The average molecular weight is 344 g/mol. The summed E-state index contributed by atoms with van der Waals surface area (Å²) in [4.78, 5) is 35.7. The van der Waals surface area contributed by atoms with Crippen LogP contribution in [-0.4, -0.2) is 50.5 Å². The Morgan fingerprint density at radius 2 is 2.12 bits per heavy atom. The number of ketones is 1. The van der Waals surface area contributed by atoms with E-state index in [-0.39, 0.29) is 17.6 Å². The van der Waals surface area contributed by atoms with Gasteiger partial charge in [-0.25, -0.2) is 9.97 Å². The number of thioether (sulfide) groups is 1. The Kier molecular flexibility index (Phi) is 4.99. The molecule has 6 nitrogen and oxygen atoms in total. The predicted molar refractivity (Wildman–Crippen MR) is 92.2 cm³/mol. The normalized spacial score (nSPS) is 17.8. The molecule has 1 amide bonds. The predicted octanol–water partition coefficient (Wildman–Crippen LogP) is 2.27. The highest BCUT2D eigenvalue weighted by atomic mass is 32.2. The van der Waals surface area contributed by atoms with Gasteiger partial charge >= 0.3 is 0 Å². The topological polar surface area (TPSA) is 68.1 Å². The molecule has 0 aliphatic carbocycles. The molecule has 1 saturated heterocycles. The summed E-state index contributed by atoms with van der Waals surface area (Å²) in [5.41, 5.74) is 0.607. The van der Waals surface area contributed by atoms with Crippen LogP contribution in [0.3, 0.4) is 0 Å². The van der Waals surface area contributed by atoms with Crippen LogP contribution in [0.1, 0.15) is 33.8 Å². The van der Waals surface area contributed by atoms with Crippen LogP contribution in [0.5, 0.6) is 0 Å². The molecule has 0 radical (unpaired) electrons. The van der Waals surface area contributed by atoms with Crippen molar-refractivity contribution in [3.05, 3.63) is 42.1 Å². The van der Waals surface area contributed by atoms with Crippen LogP contribution in [0.25, 0.3) is 0 Å². The van der Waals surface area contributed by atoms with Gasteiger partial charge in [-0.2, -0.15) is 0 Å². The van der Waals surface area contributed by atoms with E-state index in [1.165, 1.54) is 11.8 Å². The molecule has 0 N–H and O–H groups in total. The summed E-state index contributed by atoms with van der Waals surface area (Å²) >= 11 is 1.46. The smallest absolute Gasteiger partial charge is 0.256 e. The van der Waals surface area contributed by atoms with Crippen molar-refractivity contribution in [2.24, 2.45) is 13.0 Å². The van der Waals surface area contributed by atoms with Gasteiger partial charge in [0.05, 0.1) is 5.56 Å². The first kappa shape index (κ1) is 16.7. The number of aromatic nitrogens is 3. The van der Waals surface area contributed by atoms with Crippen LogP contribution >= 0.6 is 11.8 Å². The maximum Gasteiger partial charge on any atom is 0.256 e. The minimum absolute atomic E-state index is 0.0104. The van der Waals surface area contributed by atoms with E-state index in [1.807, 2.05) is 13.3 Å². The Labute approximate surface area is 145 Å². The second-order valence-electron chi connectivity index (χ2n) is 5.88. The molecule has 0 aromatic carbocycles. The molecular formula is C17H20N4O2S. The van der Waals surface area contributed by atoms with E-state index in [0.717, 1.165) is 17.9 Å². The SMILES string of the molecule is CSc1ncccc1C(=O)N1CCC[C@H](C(=O)c2nccn2C)C1. The monoisotopic (exact) mass is 344 g/mol. The third-order valence-corrected chi connectivity index (χ3v) is 5.03. The van der Waals surface area contributed by atoms with Crippen molar-refractivity contribution < 1.29 is 9.59 Å². The summed E-state index contributed by atoms with van der Waals surface area (Å²) in [5.74, 6) is 0.222. The van der Waals surface area contributed by atoms with Crippen LogP contribution in [0.15, 0.2) is 35.7 Å². The van der Waals surface area contributed by atoms with Gasteiger partial charge in [-0.1, -0.05) is 0 Å². The fourth-order valence-corrected chi connectivity index (χ4v) is 3.59. The number of amides is 1. The number of rotatable bonds is 4. The number of nitrogens with zero attached hydrogens (tertiary/aromatic N) is 4. The molecule has 1 aliphatic rings. The first-order valence-corrected chi connectivity index (χ1v) is 9.14. The van der Waals surface area contributed by atoms with Crippen LogP contribution in [-0.2, 0) is 7.05 Å². The van der Waals surface area contributed by atoms with E-state index >= 15 is 0 Å². The van der Waals surface area contributed by atoms with Gasteiger partial charge in [0.2, 0.25) is 5.78 Å². The van der Waals surface area contributed by atoms with Crippen molar-refractivity contribution in [1.82, 2.24) is 19.4 Å². The van der Waals surface area contributed by atoms with E-state index in [9.17, 15) is 9.59 Å². The number of likely N-dealkylation sites (tertiary alicyclic amines) is 1. The molecule has 126 valence electrons. The van der Waals surface area contributed by atoms with Gasteiger partial charge in [0.1, 0.15) is 5.03 Å². The zero-order valence-corrected chi connectivity index (χ0v) is 14.6. The molecule has 0 saturated carbocycles. The van der Waals surface area contributed by atoms with Crippen molar-refractivity contribution in [1.29, 1.82) is 0 Å². The number of Topliss-reactive ketones (excluding diaryl/α,β-unsaturated/α-hetero) is 1. The summed E-state index contributed by atoms with van der Waals surface area (Å²) in [6.07, 6.45) is 8.59. The average Bonchev–Trinajstić information content (AvgIpc) is 3.06. The molecule has 7 heteroatoms. The van der Waals surface area contributed by atoms with Gasteiger partial charge in [-0.15, -0.1) is 11.8 Å². The molecule has 2 aromatic rings. The Hall–Kier alpha value is -2.15. The fraction of sp³-hybridized carbons (Fsp3) is 0.412. The highest BCUT2D eigenvalue weighted by molar-refractivity contribution is 7.98. The van der Waals surface area contributed by atoms with Crippen molar-refractivity contribution in [3.8, 4) is 0 Å². The lowest BCUT2D eigenvalue weighted by Crippen LogP contribution is -2.43. The third kappa shape index (κ3) is 3.21. The number of carbonyl (C=O) groups excluding carboxylic acids is 2. The molecule has 1 atom stereocenters. The fourth-order valence-electron chi connectivity index (χ4n) is 3.05. The first-order valence-electron chi connectivity index (χ1n) is 7.91. The molecule has 1 fully saturated rings. The van der Waals surface area contributed by atoms with Gasteiger partial charge < -0.3 is 9.47 Å². The van der Waals surface area contributed by atoms with Crippen LogP contribution in [0, 0.1) is 5.92 Å². The minimum atomic E-state index is -0.196. The molecule has 0 bridgehead atoms. The minimum Gasteiger partial charge on any atom is -0.338 e. The summed E-state index contributed by atoms with van der Waals surface area (Å²) in [6, 6.07) is 3.57. The molecule has 0 spiro atoms. The Balaban J connectivity index is 1.77. The lowest BCUT2D eigenvalue weighted by Gasteiger charge is -2.32. The number of carbonyl (C=O) groups is 2. The molecular weight excluding hydrogens is 324 g/mol. The summed E-state index contributed by atoms with van der Waals surface area (Å²) < 4.78 is 1.73. The number of hydrogen-bond donors (Lipinski definition) is 0. The third-order valence-electron chi connectivity index (χ3n) is 4.32. The molecule has 0 unspecified atom stereocenters. The zero-order valence-electron chi connectivity index (χ0n) is 13.8. The van der Waals surface area contributed by atoms with Crippen molar-refractivity contribution in [3.63, 3.8) is 0 Å². The van der Waals surface area contributed by atoms with Gasteiger partial charge in [0.25, 0.3) is 5.91 Å². The molecule has 2 aromatic heterocycles. The highest BCUT2D eigenvalue weighted by Gasteiger charge is 2.31. The van der Waals surface area contributed by atoms with Gasteiger partial charge in [0.15, 0.2) is 5.82 Å². The summed E-state index contributed by atoms with van der Waals surface area (Å²) in [7, 11) is 1.81. The van der Waals surface area contributed by atoms with Gasteiger partial charge in [-0.05, 0) is 31.2 Å². The Morgan fingerprint density at radius 3 is 2.83 bits per heavy atom. The summed E-state index contributed by atoms with van der Waals surface area (Å²) in [6.45, 7) is 1.11. The number of pyridine rings is 1. The molecule has 3 heterocycles. The maximum atomic E-state index is 12.8. The van der Waals surface area contributed by atoms with Crippen LogP contribution in [0.4, 0.5) is 0 Å². The van der Waals surface area contributed by atoms with Crippen molar-refractivity contribution in [2.45, 2.75) is 17.9 Å². The van der Waals surface area contributed by atoms with E-state index in [0.29, 0.717) is 24.5 Å². The second kappa shape index (κ2) is 7.17. The summed E-state index contributed by atoms with van der Waals surface area (Å²) in [5, 5.41) is 0.722. The van der Waals surface area contributed by atoms with Crippen LogP contribution < -0.4 is 0 Å². The first-order chi connectivity index (χ1) is 11.6. The standard InChI is InChI=1S/C17H20N4O2S/c1-20-10-8-18-15(20)14(22)12-5-4-9-21(11-12)17(23)13-6-3-7-19-16(13)24-2/h3,6-8,10,12H,4-5,9,11H2,1-2H3/t12-/m0/s1. The lowest BCUT2D eigenvalue weighted by molar-refractivity contribution is 0.0629. The number of aryl methyl sites for hydroxylation is 1.